The van der Waals surface area contributed by atoms with E-state index in [1.165, 1.54) is 0 Å². The molecule has 0 heterocycles. The molecule has 0 spiro atoms. The van der Waals surface area contributed by atoms with Crippen LogP contribution in [0.5, 0.6) is 0 Å². The summed E-state index contributed by atoms with van der Waals surface area (Å²) in [7, 11) is 0. The van der Waals surface area contributed by atoms with Crippen LogP contribution in [0.2, 0.25) is 0 Å². The molecule has 0 saturated heterocycles. The summed E-state index contributed by atoms with van der Waals surface area (Å²) < 4.78 is 0. The largest absolute Gasteiger partial charge is 0.510 e. The first kappa shape index (κ1) is 25.6. The first-order valence-corrected chi connectivity index (χ1v) is 11.3. The number of carbonyl (C=O) groups excluding carboxylic acids is 3. The maximum Gasteiger partial charge on any atom is 0.184 e. The van der Waals surface area contributed by atoms with E-state index in [1.54, 1.807) is 12.2 Å². The fourth-order valence-electron chi connectivity index (χ4n) is 5.65. The molecule has 0 aromatic heterocycles. The van der Waals surface area contributed by atoms with Crippen LogP contribution in [0.3, 0.4) is 0 Å². The summed E-state index contributed by atoms with van der Waals surface area (Å²) in [5, 5.41) is 11.4. The molecule has 1 fully saturated rings. The number of hydrogen-bond acceptors (Lipinski definition) is 4. The van der Waals surface area contributed by atoms with E-state index in [0.29, 0.717) is 25.7 Å². The second-order valence-electron chi connectivity index (χ2n) is 9.98. The maximum atomic E-state index is 14.1. The van der Waals surface area contributed by atoms with Crippen LogP contribution >= 0.6 is 0 Å². The van der Waals surface area contributed by atoms with Gasteiger partial charge in [0.25, 0.3) is 0 Å². The Kier molecular flexibility index (Phi) is 7.55. The zero-order valence-corrected chi connectivity index (χ0v) is 19.9. The lowest BCUT2D eigenvalue weighted by atomic mass is 9.40. The molecule has 0 aromatic rings. The third-order valence-corrected chi connectivity index (χ3v) is 7.60. The van der Waals surface area contributed by atoms with Gasteiger partial charge in [-0.2, -0.15) is 0 Å². The summed E-state index contributed by atoms with van der Waals surface area (Å²) in [6.45, 7) is 15.5. The van der Waals surface area contributed by atoms with Crippen LogP contribution in [-0.2, 0) is 14.4 Å². The van der Waals surface area contributed by atoms with Gasteiger partial charge < -0.3 is 5.11 Å². The van der Waals surface area contributed by atoms with Gasteiger partial charge in [-0.25, -0.2) is 0 Å². The van der Waals surface area contributed by atoms with Gasteiger partial charge in [0.1, 0.15) is 16.7 Å². The van der Waals surface area contributed by atoms with Crippen molar-refractivity contribution in [3.05, 3.63) is 48.3 Å². The predicted octanol–water partition coefficient (Wildman–Crippen LogP) is 5.85. The van der Waals surface area contributed by atoms with Crippen LogP contribution in [0.4, 0.5) is 0 Å². The Labute approximate surface area is 192 Å². The average Bonchev–Trinajstić information content (AvgIpc) is 2.71. The molecule has 0 aromatic carbocycles. The summed E-state index contributed by atoms with van der Waals surface area (Å²) >= 11 is 0. The third-order valence-electron chi connectivity index (χ3n) is 7.60. The van der Waals surface area contributed by atoms with E-state index >= 15 is 0 Å². The van der Waals surface area contributed by atoms with Crippen LogP contribution in [0.25, 0.3) is 0 Å². The molecular weight excluding hydrogens is 400 g/mol. The highest BCUT2D eigenvalue weighted by molar-refractivity contribution is 6.31. The van der Waals surface area contributed by atoms with Crippen LogP contribution in [0, 0.1) is 34.5 Å². The lowest BCUT2D eigenvalue weighted by Crippen LogP contribution is -2.67. The van der Waals surface area contributed by atoms with E-state index in [9.17, 15) is 19.5 Å². The number of terminal acetylenes is 1. The number of carbonyl (C=O) groups is 3. The number of hydrogen-bond donors (Lipinski definition) is 1. The predicted molar refractivity (Wildman–Crippen MR) is 128 cm³/mol. The number of allylic oxidation sites excluding steroid dienone is 6. The van der Waals surface area contributed by atoms with Crippen LogP contribution in [0.15, 0.2) is 48.3 Å². The fourth-order valence-corrected chi connectivity index (χ4v) is 5.65. The summed E-state index contributed by atoms with van der Waals surface area (Å²) in [4.78, 5) is 41.3. The Balaban J connectivity index is 2.82. The monoisotopic (exact) mass is 436 g/mol. The first-order valence-electron chi connectivity index (χ1n) is 11.3. The number of aliphatic hydroxyl groups is 1. The first-order chi connectivity index (χ1) is 15.0. The minimum Gasteiger partial charge on any atom is -0.510 e. The standard InChI is InChI=1S/C28H36O4/c1-8-11-12-13-21(29)22-23(30)27(16-9-2)18-20(15-14-19(4)5)26(6,7)28(17-10-3,24(22)31)25(27)32/h1,9-10,14,20,30H,2-3,11-13,15-18H2,4-7H3/t20-,27-,28+/m1/s1. The number of aliphatic hydroxyl groups excluding tert-OH is 1. The van der Waals surface area contributed by atoms with Crippen molar-refractivity contribution < 1.29 is 19.5 Å². The summed E-state index contributed by atoms with van der Waals surface area (Å²) in [5.41, 5.74) is -2.60. The number of unbranched alkanes of at least 4 members (excludes halogenated alkanes) is 1. The van der Waals surface area contributed by atoms with Gasteiger partial charge in [0.15, 0.2) is 17.3 Å². The second kappa shape index (κ2) is 9.45. The Bertz CT molecular complexity index is 935. The van der Waals surface area contributed by atoms with Crippen molar-refractivity contribution in [3.8, 4) is 12.3 Å². The molecule has 4 heteroatoms. The van der Waals surface area contributed by atoms with E-state index < -0.39 is 27.8 Å². The molecule has 1 N–H and O–H groups in total. The van der Waals surface area contributed by atoms with E-state index in [0.717, 1.165) is 5.57 Å². The Morgan fingerprint density at radius 1 is 1.22 bits per heavy atom. The van der Waals surface area contributed by atoms with Crippen LogP contribution in [0.1, 0.15) is 72.6 Å². The van der Waals surface area contributed by atoms with Gasteiger partial charge in [-0.05, 0) is 57.3 Å². The van der Waals surface area contributed by atoms with Crippen molar-refractivity contribution in [2.24, 2.45) is 22.2 Å². The molecule has 0 aliphatic heterocycles. The molecule has 2 bridgehead atoms. The fraction of sp³-hybridized carbons (Fsp3) is 0.536. The maximum absolute atomic E-state index is 14.1. The van der Waals surface area contributed by atoms with Crippen LogP contribution in [-0.4, -0.2) is 22.5 Å². The minimum atomic E-state index is -1.46. The van der Waals surface area contributed by atoms with E-state index in [-0.39, 0.29) is 42.3 Å². The summed E-state index contributed by atoms with van der Waals surface area (Å²) in [5.74, 6) is 0.721. The molecule has 1 saturated carbocycles. The molecule has 172 valence electrons. The molecule has 2 aliphatic carbocycles. The molecule has 0 amide bonds. The minimum absolute atomic E-state index is 0.0550. The van der Waals surface area contributed by atoms with Gasteiger partial charge in [-0.3, -0.25) is 14.4 Å². The van der Waals surface area contributed by atoms with Gasteiger partial charge in [0.05, 0.1) is 5.41 Å². The Morgan fingerprint density at radius 3 is 2.38 bits per heavy atom. The zero-order valence-electron chi connectivity index (χ0n) is 19.9. The number of Topliss-reactive ketones (excluding diaryl/α,β-unsaturated/α-hetero) is 3. The van der Waals surface area contributed by atoms with E-state index in [4.69, 9.17) is 6.42 Å². The molecule has 2 rings (SSSR count). The second-order valence-corrected chi connectivity index (χ2v) is 9.98. The highest BCUT2D eigenvalue weighted by Crippen LogP contribution is 2.66. The topological polar surface area (TPSA) is 71.4 Å². The van der Waals surface area contributed by atoms with Gasteiger partial charge >= 0.3 is 0 Å². The van der Waals surface area contributed by atoms with Gasteiger partial charge in [0, 0.05) is 12.8 Å². The zero-order chi connectivity index (χ0) is 24.3. The summed E-state index contributed by atoms with van der Waals surface area (Å²) in [6, 6.07) is 0. The number of fused-ring (bicyclic) bond motifs is 2. The van der Waals surface area contributed by atoms with Crippen molar-refractivity contribution in [2.45, 2.75) is 72.6 Å². The van der Waals surface area contributed by atoms with Gasteiger partial charge in [0.2, 0.25) is 0 Å². The molecule has 3 atom stereocenters. The van der Waals surface area contributed by atoms with Gasteiger partial charge in [-0.1, -0.05) is 37.6 Å². The Morgan fingerprint density at radius 2 is 1.84 bits per heavy atom. The van der Waals surface area contributed by atoms with Crippen molar-refractivity contribution in [2.75, 3.05) is 0 Å². The molecule has 0 unspecified atom stereocenters. The normalized spacial score (nSPS) is 28.7. The highest BCUT2D eigenvalue weighted by Gasteiger charge is 2.71. The van der Waals surface area contributed by atoms with E-state index in [2.05, 4.69) is 25.2 Å². The molecule has 0 radical (unpaired) electrons. The molecule has 4 nitrogen and oxygen atoms in total. The Hall–Kier alpha value is -2.67. The summed E-state index contributed by atoms with van der Waals surface area (Å²) in [6.07, 6.45) is 12.8. The van der Waals surface area contributed by atoms with Crippen molar-refractivity contribution in [3.63, 3.8) is 0 Å². The lowest BCUT2D eigenvalue weighted by Gasteiger charge is -2.60. The quantitative estimate of drug-likeness (QED) is 0.153. The molecular formula is C28H36O4. The third kappa shape index (κ3) is 3.72. The van der Waals surface area contributed by atoms with Crippen LogP contribution < -0.4 is 0 Å². The lowest BCUT2D eigenvalue weighted by molar-refractivity contribution is -0.171. The smallest absolute Gasteiger partial charge is 0.184 e. The van der Waals surface area contributed by atoms with E-state index in [1.807, 2.05) is 27.7 Å². The average molecular weight is 437 g/mol. The van der Waals surface area contributed by atoms with Crippen molar-refractivity contribution in [1.29, 1.82) is 0 Å². The highest BCUT2D eigenvalue weighted by atomic mass is 16.3. The number of ketones is 3. The van der Waals surface area contributed by atoms with Gasteiger partial charge in [-0.15, -0.1) is 25.5 Å². The molecule has 32 heavy (non-hydrogen) atoms. The number of rotatable bonds is 10. The van der Waals surface area contributed by atoms with Crippen molar-refractivity contribution >= 4 is 17.3 Å². The molecule has 2 aliphatic rings. The SMILES string of the molecule is C#CCCCC(=O)C1=C(O)[C@@]2(CC=C)C[C@@H](CC=C(C)C)C(C)(C)[C@@](CC=C)(C1=O)C2=O. The van der Waals surface area contributed by atoms with Crippen molar-refractivity contribution in [1.82, 2.24) is 0 Å².